The highest BCUT2D eigenvalue weighted by Crippen LogP contribution is 2.21. The van der Waals surface area contributed by atoms with Crippen LogP contribution in [0.1, 0.15) is 38.5 Å². The molecule has 3 rings (SSSR count). The minimum Gasteiger partial charge on any atom is -0.351 e. The van der Waals surface area contributed by atoms with Crippen molar-refractivity contribution in [2.45, 2.75) is 57.3 Å². The number of pyridine rings is 1. The Morgan fingerprint density at radius 3 is 2.68 bits per heavy atom. The first-order valence-corrected chi connectivity index (χ1v) is 9.33. The van der Waals surface area contributed by atoms with E-state index in [2.05, 4.69) is 15.3 Å². The summed E-state index contributed by atoms with van der Waals surface area (Å²) in [6, 6.07) is 3.28. The predicted octanol–water partition coefficient (Wildman–Crippen LogP) is 2.60. The van der Waals surface area contributed by atoms with Gasteiger partial charge in [0.2, 0.25) is 5.95 Å². The summed E-state index contributed by atoms with van der Waals surface area (Å²) in [6.45, 7) is -0.0619. The van der Waals surface area contributed by atoms with Crippen molar-refractivity contribution in [1.29, 1.82) is 0 Å². The van der Waals surface area contributed by atoms with Crippen molar-refractivity contribution < 1.29 is 18.0 Å². The standard InChI is InChI=1S/C18H22F3N5O2/c19-18(20,21)16(28)22-9-4-10-26-14(27)8-7-12-11-23-17(25-15(12)26)24-13-5-2-1-3-6-13/h7-8,11,13H,1-6,9-10H2,(H,22,28)(H,23,24,25). The Bertz CT molecular complexity index is 891. The number of rotatable bonds is 6. The Labute approximate surface area is 159 Å². The van der Waals surface area contributed by atoms with Crippen LogP contribution in [-0.4, -0.2) is 39.2 Å². The van der Waals surface area contributed by atoms with E-state index in [-0.39, 0.29) is 25.1 Å². The lowest BCUT2D eigenvalue weighted by molar-refractivity contribution is -0.173. The van der Waals surface area contributed by atoms with Crippen molar-refractivity contribution in [3.05, 3.63) is 28.7 Å². The fraction of sp³-hybridized carbons (Fsp3) is 0.556. The van der Waals surface area contributed by atoms with Gasteiger partial charge in [0.15, 0.2) is 0 Å². The summed E-state index contributed by atoms with van der Waals surface area (Å²) < 4.78 is 38.0. The third-order valence-electron chi connectivity index (χ3n) is 4.76. The van der Waals surface area contributed by atoms with Crippen molar-refractivity contribution in [2.75, 3.05) is 11.9 Å². The molecule has 2 aromatic heterocycles. The number of anilines is 1. The van der Waals surface area contributed by atoms with Crippen LogP contribution in [0.5, 0.6) is 0 Å². The maximum atomic E-state index is 12.2. The molecule has 0 aromatic carbocycles. The molecule has 0 unspecified atom stereocenters. The van der Waals surface area contributed by atoms with Crippen molar-refractivity contribution >= 4 is 22.9 Å². The van der Waals surface area contributed by atoms with Crippen molar-refractivity contribution in [3.8, 4) is 0 Å². The van der Waals surface area contributed by atoms with Gasteiger partial charge in [-0.05, 0) is 25.3 Å². The molecular weight excluding hydrogens is 375 g/mol. The summed E-state index contributed by atoms with van der Waals surface area (Å²) in [5.74, 6) is -1.55. The summed E-state index contributed by atoms with van der Waals surface area (Å²) in [7, 11) is 0. The summed E-state index contributed by atoms with van der Waals surface area (Å²) in [6.07, 6.45) is 2.48. The fourth-order valence-electron chi connectivity index (χ4n) is 3.33. The van der Waals surface area contributed by atoms with Gasteiger partial charge in [0.05, 0.1) is 0 Å². The Hall–Kier alpha value is -2.65. The van der Waals surface area contributed by atoms with Crippen LogP contribution in [-0.2, 0) is 11.3 Å². The average Bonchev–Trinajstić information content (AvgIpc) is 2.66. The molecular formula is C18H22F3N5O2. The number of carbonyl (C=O) groups is 1. The first-order chi connectivity index (χ1) is 13.3. The Morgan fingerprint density at radius 2 is 1.96 bits per heavy atom. The van der Waals surface area contributed by atoms with Crippen LogP contribution < -0.4 is 16.2 Å². The molecule has 28 heavy (non-hydrogen) atoms. The molecule has 1 aliphatic carbocycles. The number of carbonyl (C=O) groups excluding carboxylic acids is 1. The molecule has 0 spiro atoms. The highest BCUT2D eigenvalue weighted by Gasteiger charge is 2.38. The molecule has 7 nitrogen and oxygen atoms in total. The Morgan fingerprint density at radius 1 is 1.21 bits per heavy atom. The van der Waals surface area contributed by atoms with E-state index in [1.165, 1.54) is 17.1 Å². The van der Waals surface area contributed by atoms with E-state index in [4.69, 9.17) is 0 Å². The van der Waals surface area contributed by atoms with Gasteiger partial charge in [-0.3, -0.25) is 14.2 Å². The minimum absolute atomic E-state index is 0.133. The molecule has 0 aliphatic heterocycles. The lowest BCUT2D eigenvalue weighted by Gasteiger charge is -2.22. The zero-order chi connectivity index (χ0) is 20.1. The van der Waals surface area contributed by atoms with E-state index in [0.29, 0.717) is 23.0 Å². The lowest BCUT2D eigenvalue weighted by atomic mass is 9.96. The van der Waals surface area contributed by atoms with Crippen molar-refractivity contribution in [2.24, 2.45) is 0 Å². The summed E-state index contributed by atoms with van der Waals surface area (Å²) in [4.78, 5) is 31.8. The largest absolute Gasteiger partial charge is 0.471 e. The quantitative estimate of drug-likeness (QED) is 0.732. The highest BCUT2D eigenvalue weighted by molar-refractivity contribution is 5.81. The maximum Gasteiger partial charge on any atom is 0.471 e. The highest BCUT2D eigenvalue weighted by atomic mass is 19.4. The molecule has 0 atom stereocenters. The zero-order valence-corrected chi connectivity index (χ0v) is 15.3. The molecule has 0 radical (unpaired) electrons. The molecule has 2 aromatic rings. The average molecular weight is 397 g/mol. The minimum atomic E-state index is -4.91. The van der Waals surface area contributed by atoms with E-state index < -0.39 is 12.1 Å². The van der Waals surface area contributed by atoms with Gasteiger partial charge in [-0.25, -0.2) is 4.98 Å². The van der Waals surface area contributed by atoms with Gasteiger partial charge < -0.3 is 10.6 Å². The van der Waals surface area contributed by atoms with E-state index in [0.717, 1.165) is 25.7 Å². The van der Waals surface area contributed by atoms with Crippen LogP contribution in [0, 0.1) is 0 Å². The SMILES string of the molecule is O=C(NCCCn1c(=O)ccc2cnc(NC3CCCCC3)nc21)C(F)(F)F. The number of halogens is 3. The van der Waals surface area contributed by atoms with Crippen LogP contribution in [0.4, 0.5) is 19.1 Å². The van der Waals surface area contributed by atoms with Gasteiger partial charge in [0, 0.05) is 36.8 Å². The Kier molecular flexibility index (Phi) is 6.15. The van der Waals surface area contributed by atoms with Gasteiger partial charge in [0.1, 0.15) is 5.65 Å². The molecule has 1 fully saturated rings. The van der Waals surface area contributed by atoms with Gasteiger partial charge in [-0.1, -0.05) is 19.3 Å². The van der Waals surface area contributed by atoms with E-state index in [1.54, 1.807) is 17.6 Å². The van der Waals surface area contributed by atoms with E-state index in [9.17, 15) is 22.8 Å². The summed E-state index contributed by atoms with van der Waals surface area (Å²) >= 11 is 0. The number of amides is 1. The molecule has 152 valence electrons. The van der Waals surface area contributed by atoms with E-state index in [1.807, 2.05) is 0 Å². The monoisotopic (exact) mass is 397 g/mol. The number of fused-ring (bicyclic) bond motifs is 1. The number of alkyl halides is 3. The number of nitrogens with one attached hydrogen (secondary N) is 2. The van der Waals surface area contributed by atoms with Crippen LogP contribution in [0.15, 0.2) is 23.1 Å². The number of hydrogen-bond donors (Lipinski definition) is 2. The second-order valence-corrected chi connectivity index (χ2v) is 6.88. The fourth-order valence-corrected chi connectivity index (χ4v) is 3.33. The predicted molar refractivity (Wildman–Crippen MR) is 98.0 cm³/mol. The number of hydrogen-bond acceptors (Lipinski definition) is 5. The summed E-state index contributed by atoms with van der Waals surface area (Å²) in [5, 5.41) is 5.76. The molecule has 0 bridgehead atoms. The van der Waals surface area contributed by atoms with Gasteiger partial charge in [-0.15, -0.1) is 0 Å². The van der Waals surface area contributed by atoms with Gasteiger partial charge >= 0.3 is 12.1 Å². The van der Waals surface area contributed by atoms with Gasteiger partial charge in [-0.2, -0.15) is 18.2 Å². The molecule has 1 aliphatic rings. The molecule has 1 amide bonds. The molecule has 0 saturated heterocycles. The van der Waals surface area contributed by atoms with E-state index >= 15 is 0 Å². The van der Waals surface area contributed by atoms with Crippen LogP contribution in [0.3, 0.4) is 0 Å². The third-order valence-corrected chi connectivity index (χ3v) is 4.76. The first kappa shape index (κ1) is 20.1. The number of aryl methyl sites for hydroxylation is 1. The molecule has 10 heteroatoms. The summed E-state index contributed by atoms with van der Waals surface area (Å²) in [5.41, 5.74) is 0.111. The number of aromatic nitrogens is 3. The Balaban J connectivity index is 1.71. The van der Waals surface area contributed by atoms with Crippen LogP contribution >= 0.6 is 0 Å². The maximum absolute atomic E-state index is 12.2. The topological polar surface area (TPSA) is 88.9 Å². The second-order valence-electron chi connectivity index (χ2n) is 6.88. The third kappa shape index (κ3) is 4.99. The normalized spacial score (nSPS) is 15.5. The molecule has 2 N–H and O–H groups in total. The van der Waals surface area contributed by atoms with Gasteiger partial charge in [0.25, 0.3) is 5.56 Å². The number of nitrogens with zero attached hydrogens (tertiary/aromatic N) is 3. The van der Waals surface area contributed by atoms with Crippen molar-refractivity contribution in [3.63, 3.8) is 0 Å². The molecule has 2 heterocycles. The van der Waals surface area contributed by atoms with Crippen LogP contribution in [0.2, 0.25) is 0 Å². The first-order valence-electron chi connectivity index (χ1n) is 9.33. The van der Waals surface area contributed by atoms with Crippen molar-refractivity contribution in [1.82, 2.24) is 19.9 Å². The smallest absolute Gasteiger partial charge is 0.351 e. The molecule has 1 saturated carbocycles. The second kappa shape index (κ2) is 8.57. The van der Waals surface area contributed by atoms with Crippen LogP contribution in [0.25, 0.3) is 11.0 Å². The lowest BCUT2D eigenvalue weighted by Crippen LogP contribution is -2.37. The zero-order valence-electron chi connectivity index (χ0n) is 15.3.